The largest absolute Gasteiger partial charge is 0.504 e. The van der Waals surface area contributed by atoms with E-state index in [0.29, 0.717) is 18.0 Å². The molecule has 1 unspecified atom stereocenters. The summed E-state index contributed by atoms with van der Waals surface area (Å²) in [5.74, 6) is -0.109. The number of ether oxygens (including phenoxy) is 1. The first-order chi connectivity index (χ1) is 8.20. The van der Waals surface area contributed by atoms with Gasteiger partial charge in [-0.15, -0.1) is 0 Å². The van der Waals surface area contributed by atoms with Gasteiger partial charge in [0.1, 0.15) is 5.82 Å². The van der Waals surface area contributed by atoms with Gasteiger partial charge >= 0.3 is 0 Å². The Bertz CT molecular complexity index is 389. The van der Waals surface area contributed by atoms with E-state index >= 15 is 0 Å². The monoisotopic (exact) mass is 239 g/mol. The molecule has 1 aromatic carbocycles. The second kappa shape index (κ2) is 5.36. The Kier molecular flexibility index (Phi) is 3.84. The van der Waals surface area contributed by atoms with Crippen molar-refractivity contribution in [3.8, 4) is 11.5 Å². The van der Waals surface area contributed by atoms with Gasteiger partial charge in [0.15, 0.2) is 11.5 Å². The lowest BCUT2D eigenvalue weighted by molar-refractivity contribution is 0.359. The summed E-state index contributed by atoms with van der Waals surface area (Å²) in [6, 6.07) is 2.91. The van der Waals surface area contributed by atoms with Crippen LogP contribution in [0.1, 0.15) is 24.8 Å². The molecule has 1 aliphatic heterocycles. The zero-order chi connectivity index (χ0) is 12.3. The number of phenols is 1. The summed E-state index contributed by atoms with van der Waals surface area (Å²) in [5.41, 5.74) is 0.612. The number of nitrogens with one attached hydrogen (secondary N) is 1. The van der Waals surface area contributed by atoms with E-state index in [4.69, 9.17) is 4.74 Å². The number of piperidine rings is 1. The van der Waals surface area contributed by atoms with Crippen LogP contribution >= 0.6 is 0 Å². The molecule has 1 fully saturated rings. The van der Waals surface area contributed by atoms with E-state index < -0.39 is 0 Å². The van der Waals surface area contributed by atoms with Gasteiger partial charge in [0.2, 0.25) is 0 Å². The number of phenolic OH excluding ortho intramolecular Hbond substituents is 1. The van der Waals surface area contributed by atoms with Crippen molar-refractivity contribution < 1.29 is 14.2 Å². The molecule has 94 valence electrons. The molecule has 0 amide bonds. The Hall–Kier alpha value is -1.29. The van der Waals surface area contributed by atoms with Gasteiger partial charge in [-0.05, 0) is 31.9 Å². The molecule has 4 heteroatoms. The molecule has 1 atom stereocenters. The van der Waals surface area contributed by atoms with Crippen molar-refractivity contribution in [2.45, 2.75) is 31.7 Å². The van der Waals surface area contributed by atoms with Gasteiger partial charge in [-0.3, -0.25) is 0 Å². The average Bonchev–Trinajstić information content (AvgIpc) is 2.34. The topological polar surface area (TPSA) is 41.5 Å². The van der Waals surface area contributed by atoms with Crippen molar-refractivity contribution in [2.75, 3.05) is 13.7 Å². The zero-order valence-electron chi connectivity index (χ0n) is 10.0. The highest BCUT2D eigenvalue weighted by Crippen LogP contribution is 2.32. The third-order valence-electron chi connectivity index (χ3n) is 3.22. The van der Waals surface area contributed by atoms with Gasteiger partial charge < -0.3 is 15.2 Å². The van der Waals surface area contributed by atoms with Gasteiger partial charge in [-0.2, -0.15) is 0 Å². The van der Waals surface area contributed by atoms with Crippen molar-refractivity contribution >= 4 is 0 Å². The van der Waals surface area contributed by atoms with Crippen molar-refractivity contribution in [3.05, 3.63) is 23.5 Å². The summed E-state index contributed by atoms with van der Waals surface area (Å²) < 4.78 is 18.3. The van der Waals surface area contributed by atoms with Crippen LogP contribution < -0.4 is 10.1 Å². The smallest absolute Gasteiger partial charge is 0.163 e. The molecule has 1 saturated heterocycles. The third-order valence-corrected chi connectivity index (χ3v) is 3.22. The van der Waals surface area contributed by atoms with E-state index in [9.17, 15) is 9.50 Å². The van der Waals surface area contributed by atoms with Crippen LogP contribution in [0.2, 0.25) is 0 Å². The number of hydrogen-bond acceptors (Lipinski definition) is 3. The van der Waals surface area contributed by atoms with Crippen LogP contribution in [0.5, 0.6) is 11.5 Å². The van der Waals surface area contributed by atoms with E-state index in [-0.39, 0.29) is 17.3 Å². The quantitative estimate of drug-likeness (QED) is 0.850. The minimum atomic E-state index is -0.370. The summed E-state index contributed by atoms with van der Waals surface area (Å²) in [6.45, 7) is 0.998. The Morgan fingerprint density at radius 2 is 2.29 bits per heavy atom. The summed E-state index contributed by atoms with van der Waals surface area (Å²) in [7, 11) is 1.43. The molecule has 1 aromatic rings. The van der Waals surface area contributed by atoms with Crippen LogP contribution in [0.25, 0.3) is 0 Å². The Morgan fingerprint density at radius 1 is 1.47 bits per heavy atom. The van der Waals surface area contributed by atoms with Crippen molar-refractivity contribution in [2.24, 2.45) is 0 Å². The first-order valence-electron chi connectivity index (χ1n) is 5.99. The summed E-state index contributed by atoms with van der Waals surface area (Å²) >= 11 is 0. The SMILES string of the molecule is COc1cc(F)cc(CC2CCCCN2)c1O. The van der Waals surface area contributed by atoms with E-state index in [1.807, 2.05) is 0 Å². The Balaban J connectivity index is 2.16. The molecule has 17 heavy (non-hydrogen) atoms. The maximum atomic E-state index is 13.3. The van der Waals surface area contributed by atoms with Crippen molar-refractivity contribution in [3.63, 3.8) is 0 Å². The van der Waals surface area contributed by atoms with E-state index in [1.54, 1.807) is 0 Å². The van der Waals surface area contributed by atoms with Gasteiger partial charge in [-0.25, -0.2) is 4.39 Å². The lowest BCUT2D eigenvalue weighted by Crippen LogP contribution is -2.35. The highest BCUT2D eigenvalue weighted by Gasteiger charge is 2.17. The fourth-order valence-corrected chi connectivity index (χ4v) is 2.30. The number of aromatic hydroxyl groups is 1. The van der Waals surface area contributed by atoms with Gasteiger partial charge in [0.25, 0.3) is 0 Å². The maximum absolute atomic E-state index is 13.3. The van der Waals surface area contributed by atoms with Crippen LogP contribution in [0.4, 0.5) is 4.39 Å². The first-order valence-corrected chi connectivity index (χ1v) is 5.99. The predicted octanol–water partition coefficient (Wildman–Crippen LogP) is 2.22. The Labute approximate surface area is 101 Å². The summed E-state index contributed by atoms with van der Waals surface area (Å²) in [6.07, 6.45) is 4.08. The Morgan fingerprint density at radius 3 is 2.94 bits per heavy atom. The normalized spacial score (nSPS) is 20.2. The molecular formula is C13H18FNO2. The highest BCUT2D eigenvalue weighted by molar-refractivity contribution is 5.46. The molecule has 0 radical (unpaired) electrons. The van der Waals surface area contributed by atoms with Gasteiger partial charge in [-0.1, -0.05) is 6.42 Å². The van der Waals surface area contributed by atoms with Crippen molar-refractivity contribution in [1.29, 1.82) is 0 Å². The fourth-order valence-electron chi connectivity index (χ4n) is 2.30. The lowest BCUT2D eigenvalue weighted by Gasteiger charge is -2.24. The number of hydrogen-bond donors (Lipinski definition) is 2. The van der Waals surface area contributed by atoms with E-state index in [2.05, 4.69) is 5.32 Å². The van der Waals surface area contributed by atoms with E-state index in [0.717, 1.165) is 13.0 Å². The molecule has 0 saturated carbocycles. The molecule has 1 heterocycles. The van der Waals surface area contributed by atoms with E-state index in [1.165, 1.54) is 32.1 Å². The van der Waals surface area contributed by atoms with Crippen LogP contribution in [0.3, 0.4) is 0 Å². The number of methoxy groups -OCH3 is 1. The van der Waals surface area contributed by atoms with Crippen LogP contribution in [0.15, 0.2) is 12.1 Å². The second-order valence-corrected chi connectivity index (χ2v) is 4.47. The maximum Gasteiger partial charge on any atom is 0.163 e. The summed E-state index contributed by atoms with van der Waals surface area (Å²) in [4.78, 5) is 0. The minimum Gasteiger partial charge on any atom is -0.504 e. The molecule has 2 N–H and O–H groups in total. The lowest BCUT2D eigenvalue weighted by atomic mass is 9.97. The van der Waals surface area contributed by atoms with Crippen molar-refractivity contribution in [1.82, 2.24) is 5.32 Å². The molecule has 2 rings (SSSR count). The minimum absolute atomic E-state index is 0.0567. The van der Waals surface area contributed by atoms with Gasteiger partial charge in [0.05, 0.1) is 7.11 Å². The summed E-state index contributed by atoms with van der Waals surface area (Å²) in [5, 5.41) is 13.3. The molecule has 0 bridgehead atoms. The molecule has 1 aliphatic rings. The number of halogens is 1. The van der Waals surface area contributed by atoms with Crippen LogP contribution in [-0.2, 0) is 6.42 Å². The zero-order valence-corrected chi connectivity index (χ0v) is 10.0. The molecule has 0 spiro atoms. The van der Waals surface area contributed by atoms with Gasteiger partial charge in [0, 0.05) is 17.7 Å². The molecule has 3 nitrogen and oxygen atoms in total. The standard InChI is InChI=1S/C13H18FNO2/c1-17-12-8-10(14)6-9(13(12)16)7-11-4-2-3-5-15-11/h6,8,11,15-16H,2-5,7H2,1H3. The second-order valence-electron chi connectivity index (χ2n) is 4.47. The first kappa shape index (κ1) is 12.2. The molecule has 0 aliphatic carbocycles. The molecule has 0 aromatic heterocycles. The average molecular weight is 239 g/mol. The molecular weight excluding hydrogens is 221 g/mol. The number of benzene rings is 1. The highest BCUT2D eigenvalue weighted by atomic mass is 19.1. The predicted molar refractivity (Wildman–Crippen MR) is 64.0 cm³/mol. The third kappa shape index (κ3) is 2.88. The van der Waals surface area contributed by atoms with Crippen LogP contribution in [0, 0.1) is 5.82 Å². The number of rotatable bonds is 3. The van der Waals surface area contributed by atoms with Crippen LogP contribution in [-0.4, -0.2) is 24.8 Å². The fraction of sp³-hybridized carbons (Fsp3) is 0.538.